The highest BCUT2D eigenvalue weighted by Crippen LogP contribution is 2.15. The number of nitrogens with zero attached hydrogens (tertiary/aromatic N) is 3. The van der Waals surface area contributed by atoms with Gasteiger partial charge in [-0.05, 0) is 30.7 Å². The lowest BCUT2D eigenvalue weighted by molar-refractivity contribution is 0.588. The molecule has 2 rings (SSSR count). The Balaban J connectivity index is 1.82. The number of rotatable bonds is 5. The van der Waals surface area contributed by atoms with Crippen molar-refractivity contribution >= 4 is 5.69 Å². The Labute approximate surface area is 105 Å². The van der Waals surface area contributed by atoms with Gasteiger partial charge in [0.2, 0.25) is 0 Å². The van der Waals surface area contributed by atoms with Gasteiger partial charge in [-0.3, -0.25) is 4.68 Å². The van der Waals surface area contributed by atoms with Gasteiger partial charge in [0.25, 0.3) is 0 Å². The second-order valence-corrected chi connectivity index (χ2v) is 3.86. The zero-order valence-electron chi connectivity index (χ0n) is 9.81. The lowest BCUT2D eigenvalue weighted by Gasteiger charge is -2.07. The molecule has 0 amide bonds. The number of anilines is 1. The smallest absolute Gasteiger partial charge is 0.147 e. The van der Waals surface area contributed by atoms with Crippen LogP contribution in [0, 0.1) is 17.1 Å². The van der Waals surface area contributed by atoms with Crippen molar-refractivity contribution in [2.75, 3.05) is 11.9 Å². The molecule has 1 aromatic heterocycles. The molecule has 0 aliphatic rings. The molecule has 0 atom stereocenters. The molecular weight excluding hydrogens is 231 g/mol. The SMILES string of the molecule is N#Cc1ccc(NCCCn2cccn2)c(F)c1. The molecule has 0 saturated heterocycles. The molecule has 2 aromatic rings. The van der Waals surface area contributed by atoms with Gasteiger partial charge in [0.15, 0.2) is 0 Å². The van der Waals surface area contributed by atoms with Crippen LogP contribution in [0.25, 0.3) is 0 Å². The minimum Gasteiger partial charge on any atom is -0.383 e. The van der Waals surface area contributed by atoms with Crippen LogP contribution < -0.4 is 5.32 Å². The minimum absolute atomic E-state index is 0.328. The third kappa shape index (κ3) is 3.08. The van der Waals surface area contributed by atoms with Crippen LogP contribution in [0.4, 0.5) is 10.1 Å². The monoisotopic (exact) mass is 244 g/mol. The number of aromatic nitrogens is 2. The molecule has 0 saturated carbocycles. The number of nitrogens with one attached hydrogen (secondary N) is 1. The van der Waals surface area contributed by atoms with Crippen LogP contribution in [0.5, 0.6) is 0 Å². The number of nitriles is 1. The fourth-order valence-corrected chi connectivity index (χ4v) is 1.62. The van der Waals surface area contributed by atoms with Crippen molar-refractivity contribution in [3.05, 3.63) is 48.0 Å². The van der Waals surface area contributed by atoms with Crippen LogP contribution >= 0.6 is 0 Å². The van der Waals surface area contributed by atoms with Crippen molar-refractivity contribution in [2.24, 2.45) is 0 Å². The summed E-state index contributed by atoms with van der Waals surface area (Å²) in [6, 6.07) is 8.18. The van der Waals surface area contributed by atoms with Crippen LogP contribution in [0.3, 0.4) is 0 Å². The fourth-order valence-electron chi connectivity index (χ4n) is 1.62. The molecule has 4 nitrogen and oxygen atoms in total. The normalized spacial score (nSPS) is 10.0. The van der Waals surface area contributed by atoms with Gasteiger partial charge in [0.05, 0.1) is 17.3 Å². The molecule has 1 aromatic carbocycles. The molecule has 1 N–H and O–H groups in total. The van der Waals surface area contributed by atoms with Gasteiger partial charge in [-0.1, -0.05) is 0 Å². The fraction of sp³-hybridized carbons (Fsp3) is 0.231. The highest BCUT2D eigenvalue weighted by Gasteiger charge is 2.02. The molecule has 5 heteroatoms. The highest BCUT2D eigenvalue weighted by atomic mass is 19.1. The molecule has 0 aliphatic carbocycles. The Morgan fingerprint density at radius 1 is 1.44 bits per heavy atom. The largest absolute Gasteiger partial charge is 0.383 e. The van der Waals surface area contributed by atoms with Gasteiger partial charge in [0.1, 0.15) is 5.82 Å². The van der Waals surface area contributed by atoms with E-state index in [-0.39, 0.29) is 0 Å². The van der Waals surface area contributed by atoms with Gasteiger partial charge in [-0.15, -0.1) is 0 Å². The third-order valence-electron chi connectivity index (χ3n) is 2.54. The first-order valence-electron chi connectivity index (χ1n) is 5.70. The Hall–Kier alpha value is -2.35. The predicted molar refractivity (Wildman–Crippen MR) is 66.4 cm³/mol. The molecule has 92 valence electrons. The van der Waals surface area contributed by atoms with E-state index < -0.39 is 5.82 Å². The molecule has 0 unspecified atom stereocenters. The maximum atomic E-state index is 13.5. The lowest BCUT2D eigenvalue weighted by atomic mass is 10.2. The van der Waals surface area contributed by atoms with Crippen molar-refractivity contribution in [3.8, 4) is 6.07 Å². The van der Waals surface area contributed by atoms with Crippen molar-refractivity contribution < 1.29 is 4.39 Å². The van der Waals surface area contributed by atoms with Gasteiger partial charge in [-0.2, -0.15) is 10.4 Å². The van der Waals surface area contributed by atoms with Gasteiger partial charge in [0, 0.05) is 25.5 Å². The number of hydrogen-bond donors (Lipinski definition) is 1. The average Bonchev–Trinajstić information content (AvgIpc) is 2.89. The number of hydrogen-bond acceptors (Lipinski definition) is 3. The van der Waals surface area contributed by atoms with E-state index >= 15 is 0 Å². The van der Waals surface area contributed by atoms with Crippen LogP contribution in [0.15, 0.2) is 36.7 Å². The summed E-state index contributed by atoms with van der Waals surface area (Å²) in [4.78, 5) is 0. The van der Waals surface area contributed by atoms with Gasteiger partial charge in [-0.25, -0.2) is 4.39 Å². The summed E-state index contributed by atoms with van der Waals surface area (Å²) < 4.78 is 15.3. The van der Waals surface area contributed by atoms with Crippen LogP contribution in [-0.4, -0.2) is 16.3 Å². The molecule has 0 aliphatic heterocycles. The van der Waals surface area contributed by atoms with E-state index in [0.29, 0.717) is 17.8 Å². The third-order valence-corrected chi connectivity index (χ3v) is 2.54. The van der Waals surface area contributed by atoms with E-state index in [1.807, 2.05) is 23.0 Å². The molecule has 0 bridgehead atoms. The summed E-state index contributed by atoms with van der Waals surface area (Å²) in [7, 11) is 0. The van der Waals surface area contributed by atoms with E-state index in [1.54, 1.807) is 18.3 Å². The van der Waals surface area contributed by atoms with Crippen molar-refractivity contribution in [3.63, 3.8) is 0 Å². The zero-order chi connectivity index (χ0) is 12.8. The maximum Gasteiger partial charge on any atom is 0.147 e. The quantitative estimate of drug-likeness (QED) is 0.822. The second kappa shape index (κ2) is 5.82. The Bertz CT molecular complexity index is 543. The summed E-state index contributed by atoms with van der Waals surface area (Å²) in [5.74, 6) is -0.395. The Morgan fingerprint density at radius 3 is 3.00 bits per heavy atom. The van der Waals surface area contributed by atoms with E-state index in [0.717, 1.165) is 13.0 Å². The zero-order valence-corrected chi connectivity index (χ0v) is 9.81. The molecular formula is C13H13FN4. The summed E-state index contributed by atoms with van der Waals surface area (Å²) in [6.45, 7) is 1.45. The molecule has 0 fully saturated rings. The first-order chi connectivity index (χ1) is 8.79. The van der Waals surface area contributed by atoms with E-state index in [2.05, 4.69) is 10.4 Å². The first-order valence-corrected chi connectivity index (χ1v) is 5.70. The number of aryl methyl sites for hydroxylation is 1. The first kappa shape index (κ1) is 12.1. The van der Waals surface area contributed by atoms with Crippen molar-refractivity contribution in [2.45, 2.75) is 13.0 Å². The molecule has 0 radical (unpaired) electrons. The highest BCUT2D eigenvalue weighted by molar-refractivity contribution is 5.48. The Kier molecular flexibility index (Phi) is 3.92. The van der Waals surface area contributed by atoms with Crippen LogP contribution in [-0.2, 0) is 6.54 Å². The summed E-state index contributed by atoms with van der Waals surface area (Å²) >= 11 is 0. The standard InChI is InChI=1S/C13H13FN4/c14-12-9-11(10-15)3-4-13(12)16-5-1-7-18-8-2-6-17-18/h2-4,6,8-9,16H,1,5,7H2. The average molecular weight is 244 g/mol. The van der Waals surface area contributed by atoms with Gasteiger partial charge >= 0.3 is 0 Å². The predicted octanol–water partition coefficient (Wildman–Crippen LogP) is 2.40. The van der Waals surface area contributed by atoms with Crippen molar-refractivity contribution in [1.82, 2.24) is 9.78 Å². The van der Waals surface area contributed by atoms with E-state index in [4.69, 9.17) is 5.26 Å². The van der Waals surface area contributed by atoms with Gasteiger partial charge < -0.3 is 5.32 Å². The Morgan fingerprint density at radius 2 is 2.33 bits per heavy atom. The lowest BCUT2D eigenvalue weighted by Crippen LogP contribution is -2.08. The van der Waals surface area contributed by atoms with Crippen LogP contribution in [0.2, 0.25) is 0 Å². The molecule has 1 heterocycles. The minimum atomic E-state index is -0.395. The topological polar surface area (TPSA) is 53.6 Å². The van der Waals surface area contributed by atoms with E-state index in [1.165, 1.54) is 6.07 Å². The summed E-state index contributed by atoms with van der Waals surface area (Å²) in [5.41, 5.74) is 0.754. The van der Waals surface area contributed by atoms with Crippen molar-refractivity contribution in [1.29, 1.82) is 5.26 Å². The van der Waals surface area contributed by atoms with E-state index in [9.17, 15) is 4.39 Å². The molecule has 18 heavy (non-hydrogen) atoms. The summed E-state index contributed by atoms with van der Waals surface area (Å²) in [6.07, 6.45) is 4.47. The second-order valence-electron chi connectivity index (χ2n) is 3.86. The van der Waals surface area contributed by atoms with Crippen LogP contribution in [0.1, 0.15) is 12.0 Å². The molecule has 0 spiro atoms. The summed E-state index contributed by atoms with van der Waals surface area (Å²) in [5, 5.41) is 15.7. The number of halogens is 1. The maximum absolute atomic E-state index is 13.5. The number of benzene rings is 1.